The third-order valence-corrected chi connectivity index (χ3v) is 7.08. The van der Waals surface area contributed by atoms with Gasteiger partial charge in [0, 0.05) is 48.6 Å². The fraction of sp³-hybridized carbons (Fsp3) is 0.625. The summed E-state index contributed by atoms with van der Waals surface area (Å²) in [7, 11) is 0. The zero-order chi connectivity index (χ0) is 20.8. The predicted molar refractivity (Wildman–Crippen MR) is 119 cm³/mol. The first-order valence-electron chi connectivity index (χ1n) is 11.5. The molecule has 0 radical (unpaired) electrons. The molecule has 30 heavy (non-hydrogen) atoms. The van der Waals surface area contributed by atoms with Crippen molar-refractivity contribution in [2.45, 2.75) is 70.6 Å². The zero-order valence-electron chi connectivity index (χ0n) is 18.3. The van der Waals surface area contributed by atoms with Crippen molar-refractivity contribution < 1.29 is 14.3 Å². The number of carbonyl (C=O) groups excluding carboxylic acids is 1. The molecule has 6 heteroatoms. The minimum atomic E-state index is 0.108. The molecule has 0 spiro atoms. The fourth-order valence-corrected chi connectivity index (χ4v) is 5.60. The van der Waals surface area contributed by atoms with Gasteiger partial charge in [-0.15, -0.1) is 0 Å². The molecule has 1 aromatic rings. The summed E-state index contributed by atoms with van der Waals surface area (Å²) in [5.74, 6) is 0.108. The number of carbonyl (C=O) groups is 1. The van der Waals surface area contributed by atoms with Crippen LogP contribution in [0.4, 0.5) is 11.4 Å². The van der Waals surface area contributed by atoms with Crippen LogP contribution in [0, 0.1) is 0 Å². The van der Waals surface area contributed by atoms with E-state index in [1.807, 2.05) is 4.90 Å². The number of fused-ring (bicyclic) bond motifs is 1. The summed E-state index contributed by atoms with van der Waals surface area (Å²) in [6, 6.07) is 8.06. The summed E-state index contributed by atoms with van der Waals surface area (Å²) in [6.07, 6.45) is 4.20. The first-order valence-corrected chi connectivity index (χ1v) is 11.5. The number of morpholine rings is 1. The molecule has 3 unspecified atom stereocenters. The lowest BCUT2D eigenvalue weighted by Crippen LogP contribution is -2.43. The van der Waals surface area contributed by atoms with Gasteiger partial charge in [-0.2, -0.15) is 0 Å². The van der Waals surface area contributed by atoms with Crippen LogP contribution in [0.5, 0.6) is 0 Å². The van der Waals surface area contributed by atoms with E-state index in [4.69, 9.17) is 9.47 Å². The molecule has 4 heterocycles. The maximum absolute atomic E-state index is 13.7. The van der Waals surface area contributed by atoms with Crippen LogP contribution in [0.2, 0.25) is 0 Å². The molecule has 6 nitrogen and oxygen atoms in total. The van der Waals surface area contributed by atoms with E-state index in [0.717, 1.165) is 48.6 Å². The van der Waals surface area contributed by atoms with Gasteiger partial charge in [0.2, 0.25) is 0 Å². The van der Waals surface area contributed by atoms with Gasteiger partial charge in [-0.1, -0.05) is 0 Å². The Morgan fingerprint density at radius 1 is 1.00 bits per heavy atom. The van der Waals surface area contributed by atoms with Gasteiger partial charge in [-0.25, -0.2) is 0 Å². The van der Waals surface area contributed by atoms with E-state index in [9.17, 15) is 4.79 Å². The molecule has 0 bridgehead atoms. The molecular formula is C24H33N3O3. The second-order valence-electron chi connectivity index (χ2n) is 9.32. The number of benzene rings is 1. The van der Waals surface area contributed by atoms with Crippen molar-refractivity contribution >= 4 is 22.9 Å². The second-order valence-corrected chi connectivity index (χ2v) is 9.32. The molecule has 1 N–H and O–H groups in total. The topological polar surface area (TPSA) is 54.0 Å². The minimum Gasteiger partial charge on any atom is -0.381 e. The largest absolute Gasteiger partial charge is 0.381 e. The summed E-state index contributed by atoms with van der Waals surface area (Å²) in [5.41, 5.74) is 5.03. The Hall–Kier alpha value is -2.05. The fourth-order valence-electron chi connectivity index (χ4n) is 5.60. The van der Waals surface area contributed by atoms with E-state index >= 15 is 0 Å². The Labute approximate surface area is 179 Å². The van der Waals surface area contributed by atoms with Crippen molar-refractivity contribution in [1.82, 2.24) is 5.32 Å². The molecule has 4 aliphatic rings. The van der Waals surface area contributed by atoms with Crippen molar-refractivity contribution in [3.8, 4) is 0 Å². The molecule has 162 valence electrons. The number of ether oxygens (including phenoxy) is 2. The maximum Gasteiger partial charge on any atom is 0.261 e. The first-order chi connectivity index (χ1) is 14.5. The van der Waals surface area contributed by atoms with Crippen LogP contribution in [0.1, 0.15) is 52.0 Å². The summed E-state index contributed by atoms with van der Waals surface area (Å²) in [5, 5.41) is 3.53. The van der Waals surface area contributed by atoms with Crippen LogP contribution in [0.25, 0.3) is 5.57 Å². The molecule has 0 aromatic heterocycles. The van der Waals surface area contributed by atoms with Crippen molar-refractivity contribution in [3.63, 3.8) is 0 Å². The molecular weight excluding hydrogens is 378 g/mol. The highest BCUT2D eigenvalue weighted by atomic mass is 16.5. The highest BCUT2D eigenvalue weighted by Crippen LogP contribution is 2.44. The standard InChI is InChI=1S/C24H33N3O3/c1-15-13-30-14-21(25-15)23-20-12-19(26-16(2)4-5-17(26)3)6-7-22(20)27(24(23)28)18-8-10-29-11-9-18/h6-7,12,15-18,25H,4-5,8-11,13-14H2,1-3H3/b23-21-. The smallest absolute Gasteiger partial charge is 0.261 e. The quantitative estimate of drug-likeness (QED) is 0.757. The van der Waals surface area contributed by atoms with Crippen LogP contribution >= 0.6 is 0 Å². The van der Waals surface area contributed by atoms with E-state index in [1.165, 1.54) is 18.5 Å². The summed E-state index contributed by atoms with van der Waals surface area (Å²) in [6.45, 7) is 9.27. The van der Waals surface area contributed by atoms with E-state index in [0.29, 0.717) is 25.3 Å². The zero-order valence-corrected chi connectivity index (χ0v) is 18.3. The molecule has 0 aliphatic carbocycles. The van der Waals surface area contributed by atoms with Gasteiger partial charge in [-0.3, -0.25) is 4.79 Å². The number of amides is 1. The highest BCUT2D eigenvalue weighted by molar-refractivity contribution is 6.33. The lowest BCUT2D eigenvalue weighted by atomic mass is 10.0. The SMILES string of the molecule is CC1COC/C(=C2/C(=O)N(C3CCOCC3)c3ccc(N4C(C)CCC4C)cc32)N1. The van der Waals surface area contributed by atoms with Gasteiger partial charge < -0.3 is 24.6 Å². The number of anilines is 2. The second kappa shape index (κ2) is 7.89. The van der Waals surface area contributed by atoms with Crippen molar-refractivity contribution in [3.05, 3.63) is 29.5 Å². The average Bonchev–Trinajstić information content (AvgIpc) is 3.23. The van der Waals surface area contributed by atoms with Gasteiger partial charge in [0.1, 0.15) is 0 Å². The third-order valence-electron chi connectivity index (χ3n) is 7.08. The lowest BCUT2D eigenvalue weighted by molar-refractivity contribution is -0.113. The highest BCUT2D eigenvalue weighted by Gasteiger charge is 2.40. The van der Waals surface area contributed by atoms with E-state index in [1.54, 1.807) is 0 Å². The number of hydrogen-bond donors (Lipinski definition) is 1. The molecule has 4 aliphatic heterocycles. The molecule has 3 saturated heterocycles. The van der Waals surface area contributed by atoms with Crippen molar-refractivity contribution in [1.29, 1.82) is 0 Å². The van der Waals surface area contributed by atoms with Crippen LogP contribution in [-0.2, 0) is 14.3 Å². The Morgan fingerprint density at radius 3 is 2.43 bits per heavy atom. The minimum absolute atomic E-state index is 0.108. The van der Waals surface area contributed by atoms with Crippen molar-refractivity contribution in [2.24, 2.45) is 0 Å². The van der Waals surface area contributed by atoms with Gasteiger partial charge in [-0.05, 0) is 64.7 Å². The molecule has 3 fully saturated rings. The van der Waals surface area contributed by atoms with Gasteiger partial charge in [0.25, 0.3) is 5.91 Å². The number of nitrogens with zero attached hydrogens (tertiary/aromatic N) is 2. The first kappa shape index (κ1) is 19.9. The van der Waals surface area contributed by atoms with Gasteiger partial charge >= 0.3 is 0 Å². The molecule has 1 amide bonds. The van der Waals surface area contributed by atoms with Crippen LogP contribution in [0.3, 0.4) is 0 Å². The normalized spacial score (nSPS) is 32.5. The van der Waals surface area contributed by atoms with E-state index in [2.05, 4.69) is 49.2 Å². The number of nitrogens with one attached hydrogen (secondary N) is 1. The monoisotopic (exact) mass is 411 g/mol. The van der Waals surface area contributed by atoms with Crippen LogP contribution in [0.15, 0.2) is 23.9 Å². The van der Waals surface area contributed by atoms with Crippen LogP contribution in [-0.4, -0.2) is 56.5 Å². The molecule has 3 atom stereocenters. The Kier molecular flexibility index (Phi) is 5.23. The molecule has 5 rings (SSSR count). The number of hydrogen-bond acceptors (Lipinski definition) is 5. The summed E-state index contributed by atoms with van der Waals surface area (Å²) in [4.78, 5) is 18.3. The third kappa shape index (κ3) is 3.30. The predicted octanol–water partition coefficient (Wildman–Crippen LogP) is 3.31. The van der Waals surface area contributed by atoms with Gasteiger partial charge in [0.05, 0.1) is 30.2 Å². The van der Waals surface area contributed by atoms with E-state index < -0.39 is 0 Å². The Morgan fingerprint density at radius 2 is 1.73 bits per heavy atom. The van der Waals surface area contributed by atoms with Crippen LogP contribution < -0.4 is 15.1 Å². The Balaban J connectivity index is 1.60. The average molecular weight is 412 g/mol. The summed E-state index contributed by atoms with van der Waals surface area (Å²) < 4.78 is 11.4. The summed E-state index contributed by atoms with van der Waals surface area (Å²) >= 11 is 0. The maximum atomic E-state index is 13.7. The lowest BCUT2D eigenvalue weighted by Gasteiger charge is -2.32. The Bertz CT molecular complexity index is 851. The van der Waals surface area contributed by atoms with Crippen molar-refractivity contribution in [2.75, 3.05) is 36.2 Å². The van der Waals surface area contributed by atoms with E-state index in [-0.39, 0.29) is 18.0 Å². The molecule has 0 saturated carbocycles. The number of rotatable bonds is 2. The molecule has 1 aromatic carbocycles. The van der Waals surface area contributed by atoms with Gasteiger partial charge in [0.15, 0.2) is 0 Å².